The van der Waals surface area contributed by atoms with Gasteiger partial charge in [-0.3, -0.25) is 0 Å². The molecule has 0 aliphatic rings. The molecule has 0 radical (unpaired) electrons. The molecule has 41 heavy (non-hydrogen) atoms. The van der Waals surface area contributed by atoms with Crippen LogP contribution < -0.4 is 0 Å². The molecule has 0 aromatic rings. The maximum atomic E-state index is 14.6. The Labute approximate surface area is 221 Å². The van der Waals surface area contributed by atoms with Crippen LogP contribution in [0.5, 0.6) is 0 Å². The number of hydrogen-bond donors (Lipinski definition) is 2. The summed E-state index contributed by atoms with van der Waals surface area (Å²) in [6, 6.07) is 0. The van der Waals surface area contributed by atoms with Crippen molar-refractivity contribution in [3.05, 3.63) is 0 Å². The maximum Gasteiger partial charge on any atom is 0.582 e. The molecule has 0 aliphatic heterocycles. The van der Waals surface area contributed by atoms with E-state index in [0.717, 1.165) is 27.2 Å². The SMILES string of the molecule is CCCC(O)O.CCO[Si](OCC)(OCC)C(F)(F)C(F)(F)C(F)(F)C(F)(F)C(F)(F)C(F)(F)C(F)(F)C(F)(F)F. The monoisotopic (exact) mass is 672 g/mol. The van der Waals surface area contributed by atoms with Gasteiger partial charge in [-0.2, -0.15) is 74.6 Å². The molecule has 0 fully saturated rings. The van der Waals surface area contributed by atoms with Gasteiger partial charge in [-0.05, 0) is 27.2 Å². The first-order valence-electron chi connectivity index (χ1n) is 10.9. The molecule has 23 heteroatoms. The van der Waals surface area contributed by atoms with E-state index in [0.29, 0.717) is 6.42 Å². The summed E-state index contributed by atoms with van der Waals surface area (Å²) in [4.78, 5) is 0. The van der Waals surface area contributed by atoms with Gasteiger partial charge in [-0.25, -0.2) is 0 Å². The smallest absolute Gasteiger partial charge is 0.370 e. The molecule has 2 N–H and O–H groups in total. The topological polar surface area (TPSA) is 68.2 Å². The molecule has 0 unspecified atom stereocenters. The van der Waals surface area contributed by atoms with Crippen molar-refractivity contribution in [1.29, 1.82) is 0 Å². The van der Waals surface area contributed by atoms with Crippen molar-refractivity contribution in [3.8, 4) is 0 Å². The second kappa shape index (κ2) is 13.6. The number of hydrogen-bond acceptors (Lipinski definition) is 5. The average Bonchev–Trinajstić information content (AvgIpc) is 2.78. The molecule has 0 atom stereocenters. The van der Waals surface area contributed by atoms with E-state index < -0.39 is 82.2 Å². The summed E-state index contributed by atoms with van der Waals surface area (Å²) in [7, 11) is -6.68. The Hall–Kier alpha value is -1.17. The highest BCUT2D eigenvalue weighted by Gasteiger charge is 2.97. The minimum Gasteiger partial charge on any atom is -0.370 e. The Morgan fingerprint density at radius 3 is 0.951 bits per heavy atom. The Bertz CT molecular complexity index is 760. The predicted octanol–water partition coefficient (Wildman–Crippen LogP) is 6.68. The molecular weight excluding hydrogens is 647 g/mol. The van der Waals surface area contributed by atoms with Gasteiger partial charge in [-0.15, -0.1) is 0 Å². The highest BCUT2D eigenvalue weighted by Crippen LogP contribution is 2.64. The van der Waals surface area contributed by atoms with E-state index in [2.05, 4.69) is 13.3 Å². The van der Waals surface area contributed by atoms with Crippen molar-refractivity contribution in [3.63, 3.8) is 0 Å². The zero-order valence-electron chi connectivity index (χ0n) is 21.2. The Kier molecular flexibility index (Phi) is 14.0. The van der Waals surface area contributed by atoms with Crippen LogP contribution in [0.3, 0.4) is 0 Å². The van der Waals surface area contributed by atoms with E-state index in [1.807, 2.05) is 6.92 Å². The van der Waals surface area contributed by atoms with Crippen LogP contribution in [0.25, 0.3) is 0 Å². The lowest BCUT2D eigenvalue weighted by Gasteiger charge is -2.45. The van der Waals surface area contributed by atoms with Crippen LogP contribution in [-0.2, 0) is 13.3 Å². The van der Waals surface area contributed by atoms with Gasteiger partial charge in [-0.1, -0.05) is 13.3 Å². The van der Waals surface area contributed by atoms with Crippen LogP contribution in [-0.4, -0.2) is 92.4 Å². The lowest BCUT2D eigenvalue weighted by molar-refractivity contribution is -0.459. The van der Waals surface area contributed by atoms with Crippen LogP contribution in [0.15, 0.2) is 0 Å². The molecule has 0 spiro atoms. The van der Waals surface area contributed by atoms with E-state index in [9.17, 15) is 74.6 Å². The van der Waals surface area contributed by atoms with Crippen molar-refractivity contribution in [1.82, 2.24) is 0 Å². The first kappa shape index (κ1) is 42.0. The summed E-state index contributed by atoms with van der Waals surface area (Å²) in [6.07, 6.45) is -7.59. The standard InChI is InChI=1S/C14H15F17O3Si.C4H10O2/c1-4-32-35(33-5-2,34-6-3)14(30,31)12(25,26)10(21,22)8(17,18)7(15,16)9(19,20)11(23,24)13(27,28)29;1-2-3-4(5)6/h4-6H2,1-3H3;4-6H,2-3H2,1H3. The molecule has 0 bridgehead atoms. The number of alkyl halides is 17. The van der Waals surface area contributed by atoms with Crippen LogP contribution in [0.4, 0.5) is 74.6 Å². The molecule has 250 valence electrons. The first-order valence-corrected chi connectivity index (χ1v) is 12.7. The third-order valence-corrected chi connectivity index (χ3v) is 7.75. The van der Waals surface area contributed by atoms with Gasteiger partial charge < -0.3 is 23.5 Å². The second-order valence-corrected chi connectivity index (χ2v) is 10.2. The van der Waals surface area contributed by atoms with Crippen molar-refractivity contribution >= 4 is 8.80 Å². The minimum absolute atomic E-state index is 0.486. The third kappa shape index (κ3) is 7.15. The molecule has 0 aromatic heterocycles. The number of aliphatic hydroxyl groups is 2. The molecule has 5 nitrogen and oxygen atoms in total. The molecule has 0 saturated carbocycles. The van der Waals surface area contributed by atoms with Gasteiger partial charge in [0.25, 0.3) is 0 Å². The van der Waals surface area contributed by atoms with E-state index in [1.54, 1.807) is 0 Å². The van der Waals surface area contributed by atoms with E-state index in [4.69, 9.17) is 10.2 Å². The molecule has 0 heterocycles. The van der Waals surface area contributed by atoms with Crippen LogP contribution in [0.2, 0.25) is 0 Å². The van der Waals surface area contributed by atoms with E-state index in [1.165, 1.54) is 0 Å². The number of aliphatic hydroxyl groups excluding tert-OH is 1. The lowest BCUT2D eigenvalue weighted by atomic mass is 9.91. The van der Waals surface area contributed by atoms with Gasteiger partial charge in [0.2, 0.25) is 0 Å². The fraction of sp³-hybridized carbons (Fsp3) is 1.00. The summed E-state index contributed by atoms with van der Waals surface area (Å²) in [6.45, 7) is 0.654. The Morgan fingerprint density at radius 2 is 0.756 bits per heavy atom. The van der Waals surface area contributed by atoms with Crippen LogP contribution >= 0.6 is 0 Å². The van der Waals surface area contributed by atoms with Gasteiger partial charge >= 0.3 is 56.1 Å². The van der Waals surface area contributed by atoms with Gasteiger partial charge in [0, 0.05) is 19.8 Å². The van der Waals surface area contributed by atoms with E-state index in [-0.39, 0.29) is 0 Å². The van der Waals surface area contributed by atoms with Crippen LogP contribution in [0, 0.1) is 0 Å². The van der Waals surface area contributed by atoms with Crippen molar-refractivity contribution in [2.75, 3.05) is 19.8 Å². The maximum absolute atomic E-state index is 14.6. The summed E-state index contributed by atoms with van der Waals surface area (Å²) in [5, 5.41) is 16.2. The van der Waals surface area contributed by atoms with Crippen LogP contribution in [0.1, 0.15) is 40.5 Å². The second-order valence-electron chi connectivity index (χ2n) is 7.64. The molecular formula is C18H25F17O5Si. The molecule has 0 aromatic carbocycles. The fourth-order valence-electron chi connectivity index (χ4n) is 2.58. The van der Waals surface area contributed by atoms with Crippen molar-refractivity contribution in [2.45, 2.75) is 94.1 Å². The summed E-state index contributed by atoms with van der Waals surface area (Å²) < 4.78 is 241. The quantitative estimate of drug-likeness (QED) is 0.116. The minimum atomic E-state index is -8.70. The highest BCUT2D eigenvalue weighted by atomic mass is 28.4. The number of halogens is 17. The van der Waals surface area contributed by atoms with E-state index >= 15 is 0 Å². The Morgan fingerprint density at radius 1 is 0.488 bits per heavy atom. The zero-order valence-corrected chi connectivity index (χ0v) is 22.2. The zero-order chi connectivity index (χ0) is 33.7. The fourth-order valence-corrected chi connectivity index (χ4v) is 5.06. The Balaban J connectivity index is 0. The van der Waals surface area contributed by atoms with Gasteiger partial charge in [0.05, 0.1) is 0 Å². The van der Waals surface area contributed by atoms with Crippen molar-refractivity contribution in [2.24, 2.45) is 0 Å². The molecule has 0 amide bonds. The average molecular weight is 672 g/mol. The first-order chi connectivity index (χ1) is 18.0. The largest absolute Gasteiger partial charge is 0.582 e. The predicted molar refractivity (Wildman–Crippen MR) is 104 cm³/mol. The van der Waals surface area contributed by atoms with Crippen molar-refractivity contribution < 1.29 is 98.1 Å². The molecule has 0 rings (SSSR count). The lowest BCUT2D eigenvalue weighted by Crippen LogP contribution is -2.78. The summed E-state index contributed by atoms with van der Waals surface area (Å²) in [5.41, 5.74) is -6.87. The normalized spacial score (nSPS) is 15.2. The third-order valence-electron chi connectivity index (χ3n) is 4.66. The summed E-state index contributed by atoms with van der Waals surface area (Å²) >= 11 is 0. The highest BCUT2D eigenvalue weighted by molar-refractivity contribution is 6.63. The molecule has 0 saturated heterocycles. The summed E-state index contributed by atoms with van der Waals surface area (Å²) in [5.74, 6) is -50.5. The van der Waals surface area contributed by atoms with Gasteiger partial charge in [0.1, 0.15) is 0 Å². The number of rotatable bonds is 15. The molecule has 0 aliphatic carbocycles. The van der Waals surface area contributed by atoms with Gasteiger partial charge in [0.15, 0.2) is 6.29 Å².